The van der Waals surface area contributed by atoms with Gasteiger partial charge in [-0.2, -0.15) is 0 Å². The molecule has 2 heterocycles. The average molecular weight is 259 g/mol. The number of hydrogen-bond acceptors (Lipinski definition) is 1. The van der Waals surface area contributed by atoms with Crippen LogP contribution in [0.1, 0.15) is 11.3 Å². The largest absolute Gasteiger partial charge is 0.343 e. The van der Waals surface area contributed by atoms with Gasteiger partial charge in [-0.25, -0.2) is 0 Å². The number of imidazole rings is 1. The lowest BCUT2D eigenvalue weighted by atomic mass is 10.1. The van der Waals surface area contributed by atoms with Crippen LogP contribution in [0, 0.1) is 0 Å². The lowest BCUT2D eigenvalue weighted by Gasteiger charge is -2.00. The molecule has 0 spiro atoms. The minimum Gasteiger partial charge on any atom is -0.343 e. The molecule has 3 rings (SSSR count). The van der Waals surface area contributed by atoms with Crippen LogP contribution in [0.4, 0.5) is 0 Å². The molecule has 3 aromatic rings. The molecule has 1 aromatic carbocycles. The number of fused-ring (bicyclic) bond motifs is 1. The first-order valence-corrected chi connectivity index (χ1v) is 6.04. The predicted octanol–water partition coefficient (Wildman–Crippen LogP) is 2.87. The molecule has 90 valence electrons. The molecule has 0 saturated heterocycles. The number of hydrogen-bond donors (Lipinski definition) is 1. The van der Waals surface area contributed by atoms with Gasteiger partial charge in [-0.05, 0) is 17.7 Å². The molecule has 0 atom stereocenters. The number of halogens is 1. The smallest absolute Gasteiger partial charge is 0.256 e. The Morgan fingerprint density at radius 2 is 1.94 bits per heavy atom. The average Bonchev–Trinajstić information content (AvgIpc) is 2.76. The van der Waals surface area contributed by atoms with E-state index in [2.05, 4.69) is 4.98 Å². The SMILES string of the molecule is O=c1cccc2[nH]c(Cc3ccccc3Cl)cn12. The number of nitrogens with zero attached hydrogens (tertiary/aromatic N) is 1. The van der Waals surface area contributed by atoms with Crippen molar-refractivity contribution in [1.82, 2.24) is 9.38 Å². The first kappa shape index (κ1) is 11.1. The third-order valence-corrected chi connectivity index (χ3v) is 3.27. The molecular formula is C14H11ClN2O. The Morgan fingerprint density at radius 3 is 2.72 bits per heavy atom. The van der Waals surface area contributed by atoms with Crippen molar-refractivity contribution in [1.29, 1.82) is 0 Å². The molecule has 0 unspecified atom stereocenters. The molecule has 0 aliphatic heterocycles. The van der Waals surface area contributed by atoms with E-state index in [1.165, 1.54) is 0 Å². The second kappa shape index (κ2) is 4.35. The van der Waals surface area contributed by atoms with Crippen LogP contribution >= 0.6 is 11.6 Å². The Balaban J connectivity index is 2.04. The quantitative estimate of drug-likeness (QED) is 0.754. The van der Waals surface area contributed by atoms with Gasteiger partial charge in [-0.3, -0.25) is 9.20 Å². The molecule has 1 N–H and O–H groups in total. The minimum absolute atomic E-state index is 0.0332. The lowest BCUT2D eigenvalue weighted by molar-refractivity contribution is 1.09. The molecule has 0 aliphatic carbocycles. The van der Waals surface area contributed by atoms with Crippen LogP contribution in [-0.2, 0) is 6.42 Å². The standard InChI is InChI=1S/C14H11ClN2O/c15-12-5-2-1-4-10(12)8-11-9-17-13(16-11)6-3-7-14(17)18/h1-7,9,16H,8H2. The van der Waals surface area contributed by atoms with Crippen molar-refractivity contribution >= 4 is 17.2 Å². The van der Waals surface area contributed by atoms with E-state index in [1.54, 1.807) is 16.5 Å². The summed E-state index contributed by atoms with van der Waals surface area (Å²) in [5.74, 6) is 0. The molecule has 0 saturated carbocycles. The van der Waals surface area contributed by atoms with Gasteiger partial charge >= 0.3 is 0 Å². The summed E-state index contributed by atoms with van der Waals surface area (Å²) in [5, 5.41) is 0.739. The summed E-state index contributed by atoms with van der Waals surface area (Å²) in [6.07, 6.45) is 2.50. The van der Waals surface area contributed by atoms with Crippen LogP contribution < -0.4 is 5.56 Å². The van der Waals surface area contributed by atoms with Crippen molar-refractivity contribution in [3.63, 3.8) is 0 Å². The number of aromatic nitrogens is 2. The van der Waals surface area contributed by atoms with Crippen molar-refractivity contribution in [2.45, 2.75) is 6.42 Å². The van der Waals surface area contributed by atoms with E-state index >= 15 is 0 Å². The van der Waals surface area contributed by atoms with Crippen molar-refractivity contribution in [2.24, 2.45) is 0 Å². The molecule has 0 amide bonds. The number of nitrogens with one attached hydrogen (secondary N) is 1. The normalized spacial score (nSPS) is 10.9. The zero-order chi connectivity index (χ0) is 12.5. The van der Waals surface area contributed by atoms with E-state index in [4.69, 9.17) is 11.6 Å². The van der Waals surface area contributed by atoms with Gasteiger partial charge in [0, 0.05) is 29.4 Å². The van der Waals surface area contributed by atoms with E-state index in [1.807, 2.05) is 36.5 Å². The molecular weight excluding hydrogens is 248 g/mol. The van der Waals surface area contributed by atoms with Crippen LogP contribution in [0.25, 0.3) is 5.65 Å². The van der Waals surface area contributed by atoms with Crippen LogP contribution in [0.3, 0.4) is 0 Å². The number of pyridine rings is 1. The predicted molar refractivity (Wildman–Crippen MR) is 72.3 cm³/mol. The monoisotopic (exact) mass is 258 g/mol. The fourth-order valence-electron chi connectivity index (χ4n) is 2.03. The molecule has 0 fully saturated rings. The van der Waals surface area contributed by atoms with Crippen LogP contribution in [0.15, 0.2) is 53.5 Å². The highest BCUT2D eigenvalue weighted by atomic mass is 35.5. The summed E-state index contributed by atoms with van der Waals surface area (Å²) in [6.45, 7) is 0. The Labute approximate surface area is 109 Å². The maximum Gasteiger partial charge on any atom is 0.256 e. The van der Waals surface area contributed by atoms with Crippen LogP contribution in [-0.4, -0.2) is 9.38 Å². The van der Waals surface area contributed by atoms with Gasteiger partial charge in [0.05, 0.1) is 0 Å². The third kappa shape index (κ3) is 1.93. The van der Waals surface area contributed by atoms with Gasteiger partial charge in [0.15, 0.2) is 0 Å². The highest BCUT2D eigenvalue weighted by Gasteiger charge is 2.05. The summed E-state index contributed by atoms with van der Waals surface area (Å²) in [6, 6.07) is 12.9. The van der Waals surface area contributed by atoms with E-state index < -0.39 is 0 Å². The third-order valence-electron chi connectivity index (χ3n) is 2.90. The van der Waals surface area contributed by atoms with E-state index in [0.717, 1.165) is 21.9 Å². The molecule has 2 aromatic heterocycles. The Morgan fingerprint density at radius 1 is 1.11 bits per heavy atom. The minimum atomic E-state index is -0.0332. The van der Waals surface area contributed by atoms with Gasteiger partial charge < -0.3 is 4.98 Å². The second-order valence-corrected chi connectivity index (χ2v) is 4.57. The van der Waals surface area contributed by atoms with E-state index in [9.17, 15) is 4.79 Å². The molecule has 18 heavy (non-hydrogen) atoms. The maximum absolute atomic E-state index is 11.6. The molecule has 4 heteroatoms. The van der Waals surface area contributed by atoms with Crippen LogP contribution in [0.2, 0.25) is 5.02 Å². The maximum atomic E-state index is 11.6. The molecule has 0 radical (unpaired) electrons. The van der Waals surface area contributed by atoms with Gasteiger partial charge in [0.1, 0.15) is 5.65 Å². The first-order chi connectivity index (χ1) is 8.74. The second-order valence-electron chi connectivity index (χ2n) is 4.17. The van der Waals surface area contributed by atoms with Crippen molar-refractivity contribution in [2.75, 3.05) is 0 Å². The number of H-pyrrole nitrogens is 1. The highest BCUT2D eigenvalue weighted by molar-refractivity contribution is 6.31. The topological polar surface area (TPSA) is 37.3 Å². The zero-order valence-electron chi connectivity index (χ0n) is 9.56. The summed E-state index contributed by atoms with van der Waals surface area (Å²) in [5.41, 5.74) is 2.77. The van der Waals surface area contributed by atoms with Crippen molar-refractivity contribution < 1.29 is 0 Å². The molecule has 3 nitrogen and oxygen atoms in total. The highest BCUT2D eigenvalue weighted by Crippen LogP contribution is 2.18. The Hall–Kier alpha value is -2.00. The first-order valence-electron chi connectivity index (χ1n) is 5.67. The van der Waals surface area contributed by atoms with E-state index in [0.29, 0.717) is 6.42 Å². The summed E-state index contributed by atoms with van der Waals surface area (Å²) in [7, 11) is 0. The lowest BCUT2D eigenvalue weighted by Crippen LogP contribution is -2.08. The Bertz CT molecular complexity index is 758. The fourth-order valence-corrected chi connectivity index (χ4v) is 2.23. The summed E-state index contributed by atoms with van der Waals surface area (Å²) >= 11 is 6.12. The summed E-state index contributed by atoms with van der Waals surface area (Å²) in [4.78, 5) is 14.8. The summed E-state index contributed by atoms with van der Waals surface area (Å²) < 4.78 is 1.60. The van der Waals surface area contributed by atoms with E-state index in [-0.39, 0.29) is 5.56 Å². The number of rotatable bonds is 2. The fraction of sp³-hybridized carbons (Fsp3) is 0.0714. The molecule has 0 aliphatic rings. The van der Waals surface area contributed by atoms with Crippen LogP contribution in [0.5, 0.6) is 0 Å². The number of aromatic amines is 1. The Kier molecular flexibility index (Phi) is 2.68. The number of benzene rings is 1. The van der Waals surface area contributed by atoms with Gasteiger partial charge in [0.2, 0.25) is 0 Å². The zero-order valence-corrected chi connectivity index (χ0v) is 10.3. The van der Waals surface area contributed by atoms with Gasteiger partial charge in [0.25, 0.3) is 5.56 Å². The van der Waals surface area contributed by atoms with Gasteiger partial charge in [-0.15, -0.1) is 0 Å². The van der Waals surface area contributed by atoms with Crippen molar-refractivity contribution in [3.05, 3.63) is 75.3 Å². The van der Waals surface area contributed by atoms with Gasteiger partial charge in [-0.1, -0.05) is 35.9 Å². The molecule has 0 bridgehead atoms. The van der Waals surface area contributed by atoms with Crippen molar-refractivity contribution in [3.8, 4) is 0 Å².